The molecule has 4 nitrogen and oxygen atoms in total. The third kappa shape index (κ3) is 5.64. The van der Waals surface area contributed by atoms with Gasteiger partial charge in [-0.3, -0.25) is 4.79 Å². The van der Waals surface area contributed by atoms with E-state index in [2.05, 4.69) is 24.5 Å². The molecule has 4 heteroatoms. The van der Waals surface area contributed by atoms with Crippen molar-refractivity contribution >= 4 is 11.6 Å². The fourth-order valence-electron chi connectivity index (χ4n) is 1.59. The average molecular weight is 264 g/mol. The van der Waals surface area contributed by atoms with Crippen LogP contribution in [0.4, 0.5) is 5.69 Å². The molecular formula is C15H24N2O2. The molecule has 1 rings (SSSR count). The Bertz CT molecular complexity index is 388. The Morgan fingerprint density at radius 3 is 2.37 bits per heavy atom. The maximum absolute atomic E-state index is 11.8. The summed E-state index contributed by atoms with van der Waals surface area (Å²) in [7, 11) is 1.86. The van der Waals surface area contributed by atoms with Crippen LogP contribution in [0.2, 0.25) is 0 Å². The van der Waals surface area contributed by atoms with Gasteiger partial charge in [-0.2, -0.15) is 0 Å². The van der Waals surface area contributed by atoms with E-state index in [0.29, 0.717) is 18.2 Å². The fourth-order valence-corrected chi connectivity index (χ4v) is 1.59. The quantitative estimate of drug-likeness (QED) is 0.796. The third-order valence-corrected chi connectivity index (χ3v) is 2.85. The lowest BCUT2D eigenvalue weighted by Crippen LogP contribution is -2.37. The summed E-state index contributed by atoms with van der Waals surface area (Å²) in [5.41, 5.74) is 1.02. The van der Waals surface area contributed by atoms with Gasteiger partial charge in [-0.25, -0.2) is 0 Å². The van der Waals surface area contributed by atoms with Gasteiger partial charge in [-0.15, -0.1) is 0 Å². The SMILES string of the molecule is CNc1ccc(OC(C)C(=O)NCCC(C)C)cc1. The monoisotopic (exact) mass is 264 g/mol. The Morgan fingerprint density at radius 1 is 1.21 bits per heavy atom. The molecule has 1 atom stereocenters. The fraction of sp³-hybridized carbons (Fsp3) is 0.533. The third-order valence-electron chi connectivity index (χ3n) is 2.85. The van der Waals surface area contributed by atoms with Gasteiger partial charge in [0, 0.05) is 19.3 Å². The predicted octanol–water partition coefficient (Wildman–Crippen LogP) is 2.66. The summed E-state index contributed by atoms with van der Waals surface area (Å²) in [5.74, 6) is 1.22. The van der Waals surface area contributed by atoms with E-state index in [4.69, 9.17) is 4.74 Å². The zero-order valence-electron chi connectivity index (χ0n) is 12.2. The minimum absolute atomic E-state index is 0.0710. The first-order chi connectivity index (χ1) is 9.02. The van der Waals surface area contributed by atoms with E-state index in [1.807, 2.05) is 31.3 Å². The van der Waals surface area contributed by atoms with Crippen LogP contribution in [0.25, 0.3) is 0 Å². The summed E-state index contributed by atoms with van der Waals surface area (Å²) in [4.78, 5) is 11.8. The van der Waals surface area contributed by atoms with Crippen molar-refractivity contribution < 1.29 is 9.53 Å². The number of nitrogens with one attached hydrogen (secondary N) is 2. The molecule has 1 amide bonds. The van der Waals surface area contributed by atoms with Crippen molar-refractivity contribution in [1.82, 2.24) is 5.32 Å². The van der Waals surface area contributed by atoms with E-state index in [-0.39, 0.29) is 5.91 Å². The zero-order valence-corrected chi connectivity index (χ0v) is 12.2. The van der Waals surface area contributed by atoms with Crippen molar-refractivity contribution in [3.8, 4) is 5.75 Å². The number of amides is 1. The Labute approximate surface area is 115 Å². The van der Waals surface area contributed by atoms with Gasteiger partial charge in [0.1, 0.15) is 5.75 Å². The summed E-state index contributed by atoms with van der Waals surface area (Å²) in [6, 6.07) is 7.53. The zero-order chi connectivity index (χ0) is 14.3. The first kappa shape index (κ1) is 15.3. The molecule has 0 radical (unpaired) electrons. The van der Waals surface area contributed by atoms with Crippen LogP contribution in [-0.2, 0) is 4.79 Å². The molecule has 0 aliphatic rings. The van der Waals surface area contributed by atoms with Crippen LogP contribution in [0.5, 0.6) is 5.75 Å². The Morgan fingerprint density at radius 2 is 1.84 bits per heavy atom. The van der Waals surface area contributed by atoms with Crippen molar-refractivity contribution in [2.75, 3.05) is 18.9 Å². The van der Waals surface area contributed by atoms with Gasteiger partial charge in [0.2, 0.25) is 0 Å². The summed E-state index contributed by atoms with van der Waals surface area (Å²) in [5, 5.41) is 5.91. The van der Waals surface area contributed by atoms with E-state index >= 15 is 0 Å². The molecule has 0 aliphatic heterocycles. The van der Waals surface area contributed by atoms with E-state index in [1.165, 1.54) is 0 Å². The lowest BCUT2D eigenvalue weighted by atomic mass is 10.1. The summed E-state index contributed by atoms with van der Waals surface area (Å²) < 4.78 is 5.59. The van der Waals surface area contributed by atoms with Gasteiger partial charge < -0.3 is 15.4 Å². The van der Waals surface area contributed by atoms with E-state index in [1.54, 1.807) is 6.92 Å². The van der Waals surface area contributed by atoms with Crippen molar-refractivity contribution in [2.45, 2.75) is 33.3 Å². The maximum atomic E-state index is 11.8. The van der Waals surface area contributed by atoms with Gasteiger partial charge in [0.05, 0.1) is 0 Å². The molecule has 19 heavy (non-hydrogen) atoms. The molecule has 0 saturated heterocycles. The van der Waals surface area contributed by atoms with Crippen molar-refractivity contribution in [2.24, 2.45) is 5.92 Å². The number of hydrogen-bond acceptors (Lipinski definition) is 3. The summed E-state index contributed by atoms with van der Waals surface area (Å²) in [6.07, 6.45) is 0.502. The molecule has 0 aliphatic carbocycles. The highest BCUT2D eigenvalue weighted by atomic mass is 16.5. The van der Waals surface area contributed by atoms with Crippen LogP contribution in [0.1, 0.15) is 27.2 Å². The molecule has 2 N–H and O–H groups in total. The first-order valence-electron chi connectivity index (χ1n) is 6.75. The minimum Gasteiger partial charge on any atom is -0.481 e. The first-order valence-corrected chi connectivity index (χ1v) is 6.75. The van der Waals surface area contributed by atoms with Gasteiger partial charge in [-0.05, 0) is 43.5 Å². The number of benzene rings is 1. The summed E-state index contributed by atoms with van der Waals surface area (Å²) in [6.45, 7) is 6.73. The highest BCUT2D eigenvalue weighted by Gasteiger charge is 2.13. The standard InChI is InChI=1S/C15H24N2O2/c1-11(2)9-10-17-15(18)12(3)19-14-7-5-13(16-4)6-8-14/h5-8,11-12,16H,9-10H2,1-4H3,(H,17,18). The maximum Gasteiger partial charge on any atom is 0.260 e. The van der Waals surface area contributed by atoms with Crippen LogP contribution in [-0.4, -0.2) is 25.6 Å². The van der Waals surface area contributed by atoms with E-state index in [9.17, 15) is 4.79 Å². The van der Waals surface area contributed by atoms with Crippen LogP contribution in [0.3, 0.4) is 0 Å². The topological polar surface area (TPSA) is 50.4 Å². The summed E-state index contributed by atoms with van der Waals surface area (Å²) >= 11 is 0. The number of rotatable bonds is 7. The second-order valence-electron chi connectivity index (χ2n) is 5.01. The number of anilines is 1. The lowest BCUT2D eigenvalue weighted by Gasteiger charge is -2.15. The molecule has 1 aromatic carbocycles. The molecule has 1 unspecified atom stereocenters. The smallest absolute Gasteiger partial charge is 0.260 e. The molecule has 0 aromatic heterocycles. The molecule has 0 fully saturated rings. The largest absolute Gasteiger partial charge is 0.481 e. The molecule has 0 saturated carbocycles. The molecule has 1 aromatic rings. The number of carbonyl (C=O) groups is 1. The second kappa shape index (κ2) is 7.67. The van der Waals surface area contributed by atoms with Crippen molar-refractivity contribution in [3.63, 3.8) is 0 Å². The number of carbonyl (C=O) groups excluding carboxylic acids is 1. The average Bonchev–Trinajstić information content (AvgIpc) is 2.39. The van der Waals surface area contributed by atoms with Gasteiger partial charge >= 0.3 is 0 Å². The van der Waals surface area contributed by atoms with Crippen LogP contribution in [0.15, 0.2) is 24.3 Å². The van der Waals surface area contributed by atoms with Gasteiger partial charge in [0.25, 0.3) is 5.91 Å². The van der Waals surface area contributed by atoms with Crippen LogP contribution in [0, 0.1) is 5.92 Å². The highest BCUT2D eigenvalue weighted by Crippen LogP contribution is 2.16. The molecule has 0 bridgehead atoms. The normalized spacial score (nSPS) is 12.1. The van der Waals surface area contributed by atoms with E-state index in [0.717, 1.165) is 12.1 Å². The van der Waals surface area contributed by atoms with Gasteiger partial charge in [0.15, 0.2) is 6.10 Å². The highest BCUT2D eigenvalue weighted by molar-refractivity contribution is 5.80. The Hall–Kier alpha value is -1.71. The van der Waals surface area contributed by atoms with Gasteiger partial charge in [-0.1, -0.05) is 13.8 Å². The van der Waals surface area contributed by atoms with E-state index < -0.39 is 6.10 Å². The van der Waals surface area contributed by atoms with Crippen LogP contribution < -0.4 is 15.4 Å². The van der Waals surface area contributed by atoms with Crippen molar-refractivity contribution in [3.05, 3.63) is 24.3 Å². The predicted molar refractivity (Wildman–Crippen MR) is 78.5 cm³/mol. The number of hydrogen-bond donors (Lipinski definition) is 2. The molecular weight excluding hydrogens is 240 g/mol. The van der Waals surface area contributed by atoms with Crippen LogP contribution >= 0.6 is 0 Å². The minimum atomic E-state index is -0.479. The molecule has 106 valence electrons. The second-order valence-corrected chi connectivity index (χ2v) is 5.01. The van der Waals surface area contributed by atoms with Crippen molar-refractivity contribution in [1.29, 1.82) is 0 Å². The Kier molecular flexibility index (Phi) is 6.19. The number of ether oxygens (including phenoxy) is 1. The molecule has 0 heterocycles. The molecule has 0 spiro atoms. The lowest BCUT2D eigenvalue weighted by molar-refractivity contribution is -0.127. The Balaban J connectivity index is 2.40.